The maximum atomic E-state index is 13.0. The summed E-state index contributed by atoms with van der Waals surface area (Å²) < 4.78 is 32.9. The molecule has 0 saturated carbocycles. The number of methoxy groups -OCH3 is 1. The van der Waals surface area contributed by atoms with Crippen molar-refractivity contribution in [2.24, 2.45) is 0 Å². The summed E-state index contributed by atoms with van der Waals surface area (Å²) in [6.45, 7) is 1.75. The third-order valence-corrected chi connectivity index (χ3v) is 7.62. The molecule has 0 bridgehead atoms. The Kier molecular flexibility index (Phi) is 7.72. The zero-order valence-corrected chi connectivity index (χ0v) is 18.1. The van der Waals surface area contributed by atoms with E-state index in [0.29, 0.717) is 38.2 Å². The van der Waals surface area contributed by atoms with Crippen molar-refractivity contribution >= 4 is 15.9 Å². The number of rotatable bonds is 8. The smallest absolute Gasteiger partial charge is 0.243 e. The van der Waals surface area contributed by atoms with Crippen LogP contribution < -0.4 is 10.1 Å². The Labute approximate surface area is 174 Å². The van der Waals surface area contributed by atoms with Crippen molar-refractivity contribution in [1.82, 2.24) is 9.62 Å². The number of hydrogen-bond acceptors (Lipinski definition) is 4. The van der Waals surface area contributed by atoms with Crippen molar-refractivity contribution in [2.75, 3.05) is 26.7 Å². The molecule has 0 spiro atoms. The summed E-state index contributed by atoms with van der Waals surface area (Å²) in [5.74, 6) is 0.591. The zero-order valence-electron chi connectivity index (χ0n) is 17.3. The number of sulfonamides is 1. The molecule has 0 unspecified atom stereocenters. The predicted molar refractivity (Wildman–Crippen MR) is 113 cm³/mol. The summed E-state index contributed by atoms with van der Waals surface area (Å²) in [7, 11) is -1.94. The Morgan fingerprint density at radius 2 is 1.93 bits per heavy atom. The first-order valence-electron chi connectivity index (χ1n) is 10.6. The number of hydrogen-bond donors (Lipinski definition) is 1. The molecule has 3 rings (SSSR count). The quantitative estimate of drug-likeness (QED) is 0.654. The molecule has 1 aromatic rings. The third-order valence-electron chi connectivity index (χ3n) is 5.72. The summed E-state index contributed by atoms with van der Waals surface area (Å²) in [5, 5.41) is 2.98. The molecule has 0 radical (unpaired) electrons. The third kappa shape index (κ3) is 5.82. The van der Waals surface area contributed by atoms with Gasteiger partial charge in [-0.15, -0.1) is 0 Å². The van der Waals surface area contributed by atoms with Crippen molar-refractivity contribution in [1.29, 1.82) is 0 Å². The number of nitrogens with one attached hydrogen (secondary N) is 1. The summed E-state index contributed by atoms with van der Waals surface area (Å²) in [6, 6.07) is 4.96. The van der Waals surface area contributed by atoms with Crippen LogP contribution in [0.5, 0.6) is 5.75 Å². The second-order valence-electron chi connectivity index (χ2n) is 7.82. The number of benzene rings is 1. The molecular formula is C22H32N2O4S. The molecule has 1 fully saturated rings. The molecule has 1 aromatic carbocycles. The molecule has 160 valence electrons. The van der Waals surface area contributed by atoms with Crippen LogP contribution in [0.25, 0.3) is 0 Å². The molecule has 2 aliphatic rings. The lowest BCUT2D eigenvalue weighted by Gasteiger charge is -2.26. The fourth-order valence-corrected chi connectivity index (χ4v) is 5.55. The van der Waals surface area contributed by atoms with Crippen LogP contribution >= 0.6 is 0 Å². The fraction of sp³-hybridized carbons (Fsp3) is 0.591. The molecule has 1 aliphatic heterocycles. The normalized spacial score (nSPS) is 18.2. The van der Waals surface area contributed by atoms with Gasteiger partial charge in [-0.05, 0) is 68.7 Å². The van der Waals surface area contributed by atoms with Gasteiger partial charge in [-0.1, -0.05) is 18.1 Å². The molecule has 7 heteroatoms. The standard InChI is InChI=1S/C22H32N2O4S/c1-28-21-12-11-20(29(26,27)24-14-6-3-7-15-24)16-19(21)10-13-22(25)23-17-18-8-4-2-5-9-18/h8,11-12,16H,2-7,9-10,13-15,17H2,1H3,(H,23,25). The van der Waals surface area contributed by atoms with Gasteiger partial charge in [-0.2, -0.15) is 4.31 Å². The van der Waals surface area contributed by atoms with E-state index in [0.717, 1.165) is 37.7 Å². The fourth-order valence-electron chi connectivity index (χ4n) is 3.98. The van der Waals surface area contributed by atoms with E-state index in [1.807, 2.05) is 0 Å². The van der Waals surface area contributed by atoms with E-state index in [1.54, 1.807) is 29.6 Å². The van der Waals surface area contributed by atoms with Gasteiger partial charge >= 0.3 is 0 Å². The Morgan fingerprint density at radius 3 is 2.62 bits per heavy atom. The van der Waals surface area contributed by atoms with Gasteiger partial charge in [0.15, 0.2) is 0 Å². The first-order valence-corrected chi connectivity index (χ1v) is 12.1. The van der Waals surface area contributed by atoms with Gasteiger partial charge < -0.3 is 10.1 Å². The molecule has 1 saturated heterocycles. The lowest BCUT2D eigenvalue weighted by molar-refractivity contribution is -0.120. The van der Waals surface area contributed by atoms with Crippen molar-refractivity contribution in [3.8, 4) is 5.75 Å². The summed E-state index contributed by atoms with van der Waals surface area (Å²) in [4.78, 5) is 12.6. The van der Waals surface area contributed by atoms with Gasteiger partial charge in [0.2, 0.25) is 15.9 Å². The van der Waals surface area contributed by atoms with E-state index in [9.17, 15) is 13.2 Å². The van der Waals surface area contributed by atoms with Crippen LogP contribution in [0, 0.1) is 0 Å². The second-order valence-corrected chi connectivity index (χ2v) is 9.76. The van der Waals surface area contributed by atoms with Gasteiger partial charge in [0, 0.05) is 26.1 Å². The first kappa shape index (κ1) is 21.8. The van der Waals surface area contributed by atoms with Crippen LogP contribution in [-0.2, 0) is 21.2 Å². The number of aryl methyl sites for hydroxylation is 1. The average Bonchev–Trinajstić information content (AvgIpc) is 2.77. The SMILES string of the molecule is COc1ccc(S(=O)(=O)N2CCCCC2)cc1CCC(=O)NCC1=CCCCC1. The first-order chi connectivity index (χ1) is 14.0. The van der Waals surface area contributed by atoms with Crippen LogP contribution in [0.3, 0.4) is 0 Å². The number of piperidine rings is 1. The minimum Gasteiger partial charge on any atom is -0.496 e. The van der Waals surface area contributed by atoms with Crippen LogP contribution in [0.4, 0.5) is 0 Å². The molecule has 1 amide bonds. The van der Waals surface area contributed by atoms with Crippen molar-refractivity contribution < 1.29 is 17.9 Å². The monoisotopic (exact) mass is 420 g/mol. The molecule has 1 heterocycles. The highest BCUT2D eigenvalue weighted by Crippen LogP contribution is 2.27. The predicted octanol–water partition coefficient (Wildman–Crippen LogP) is 3.42. The molecule has 0 aromatic heterocycles. The molecule has 0 atom stereocenters. The number of ether oxygens (including phenoxy) is 1. The van der Waals surface area contributed by atoms with Crippen molar-refractivity contribution in [3.05, 3.63) is 35.4 Å². The van der Waals surface area contributed by atoms with E-state index < -0.39 is 10.0 Å². The number of carbonyl (C=O) groups excluding carboxylic acids is 1. The van der Waals surface area contributed by atoms with E-state index in [2.05, 4.69) is 11.4 Å². The van der Waals surface area contributed by atoms with Gasteiger partial charge in [0.25, 0.3) is 0 Å². The summed E-state index contributed by atoms with van der Waals surface area (Å²) in [5.41, 5.74) is 2.05. The number of carbonyl (C=O) groups is 1. The van der Waals surface area contributed by atoms with Crippen molar-refractivity contribution in [3.63, 3.8) is 0 Å². The lowest BCUT2D eigenvalue weighted by Crippen LogP contribution is -2.35. The van der Waals surface area contributed by atoms with E-state index in [1.165, 1.54) is 18.4 Å². The molecule has 1 N–H and O–H groups in total. The number of amides is 1. The number of allylic oxidation sites excluding steroid dienone is 1. The largest absolute Gasteiger partial charge is 0.496 e. The Morgan fingerprint density at radius 1 is 1.14 bits per heavy atom. The van der Waals surface area contributed by atoms with Crippen LogP contribution in [-0.4, -0.2) is 45.4 Å². The van der Waals surface area contributed by atoms with E-state index in [-0.39, 0.29) is 10.8 Å². The topological polar surface area (TPSA) is 75.7 Å². The van der Waals surface area contributed by atoms with E-state index in [4.69, 9.17) is 4.74 Å². The van der Waals surface area contributed by atoms with Gasteiger partial charge in [-0.3, -0.25) is 4.79 Å². The minimum atomic E-state index is -3.50. The maximum absolute atomic E-state index is 13.0. The average molecular weight is 421 g/mol. The summed E-state index contributed by atoms with van der Waals surface area (Å²) in [6.07, 6.45) is 10.4. The minimum absolute atomic E-state index is 0.0252. The van der Waals surface area contributed by atoms with Crippen LogP contribution in [0.15, 0.2) is 34.7 Å². The van der Waals surface area contributed by atoms with Crippen molar-refractivity contribution in [2.45, 2.75) is 62.7 Å². The second kappa shape index (κ2) is 10.3. The van der Waals surface area contributed by atoms with Gasteiger partial charge in [0.1, 0.15) is 5.75 Å². The lowest BCUT2D eigenvalue weighted by atomic mass is 9.99. The van der Waals surface area contributed by atoms with Crippen LogP contribution in [0.2, 0.25) is 0 Å². The maximum Gasteiger partial charge on any atom is 0.243 e. The Hall–Kier alpha value is -1.86. The van der Waals surface area contributed by atoms with Gasteiger partial charge in [-0.25, -0.2) is 8.42 Å². The molecule has 6 nitrogen and oxygen atoms in total. The Bertz CT molecular complexity index is 842. The highest BCUT2D eigenvalue weighted by Gasteiger charge is 2.26. The summed E-state index contributed by atoms with van der Waals surface area (Å²) >= 11 is 0. The highest BCUT2D eigenvalue weighted by atomic mass is 32.2. The molecular weight excluding hydrogens is 388 g/mol. The Balaban J connectivity index is 1.64. The van der Waals surface area contributed by atoms with Gasteiger partial charge in [0.05, 0.1) is 12.0 Å². The highest BCUT2D eigenvalue weighted by molar-refractivity contribution is 7.89. The van der Waals surface area contributed by atoms with Crippen LogP contribution in [0.1, 0.15) is 56.9 Å². The number of nitrogens with zero attached hydrogens (tertiary/aromatic N) is 1. The molecule has 1 aliphatic carbocycles. The zero-order chi connectivity index (χ0) is 20.7. The van der Waals surface area contributed by atoms with E-state index >= 15 is 0 Å². The molecule has 29 heavy (non-hydrogen) atoms.